The number of benzene rings is 2. The van der Waals surface area contributed by atoms with E-state index in [1.807, 2.05) is 17.8 Å². The molecule has 1 aliphatic heterocycles. The van der Waals surface area contributed by atoms with Crippen LogP contribution in [0.1, 0.15) is 17.5 Å². The van der Waals surface area contributed by atoms with E-state index in [-0.39, 0.29) is 12.4 Å². The van der Waals surface area contributed by atoms with Gasteiger partial charge in [-0.2, -0.15) is 0 Å². The molecule has 0 saturated heterocycles. The lowest BCUT2D eigenvalue weighted by atomic mass is 9.88. The molecule has 2 aromatic rings. The highest BCUT2D eigenvalue weighted by Crippen LogP contribution is 2.40. The highest BCUT2D eigenvalue weighted by molar-refractivity contribution is 7.99. The van der Waals surface area contributed by atoms with Crippen LogP contribution in [-0.4, -0.2) is 38.4 Å². The van der Waals surface area contributed by atoms with Gasteiger partial charge >= 0.3 is 0 Å². The largest absolute Gasteiger partial charge is 0.497 e. The zero-order valence-electron chi connectivity index (χ0n) is 15.1. The molecule has 0 aliphatic carbocycles. The van der Waals surface area contributed by atoms with E-state index in [1.54, 1.807) is 7.11 Å². The fraction of sp³-hybridized carbons (Fsp3) is 0.333. The molecule has 4 heteroatoms. The van der Waals surface area contributed by atoms with Gasteiger partial charge in [-0.3, -0.25) is 0 Å². The normalized spacial score (nSPS) is 18.4. The molecule has 0 N–H and O–H groups in total. The predicted octanol–water partition coefficient (Wildman–Crippen LogP) is 5.33. The number of hydrogen-bond acceptors (Lipinski definition) is 3. The summed E-state index contributed by atoms with van der Waals surface area (Å²) >= 11 is 1.98. The number of halogens is 1. The first-order valence-corrected chi connectivity index (χ1v) is 9.38. The Kier molecular flexibility index (Phi) is 7.42. The van der Waals surface area contributed by atoms with Gasteiger partial charge in [-0.15, -0.1) is 24.2 Å². The quantitative estimate of drug-likeness (QED) is 0.716. The van der Waals surface area contributed by atoms with Crippen molar-refractivity contribution in [1.29, 1.82) is 0 Å². The number of hydrogen-bond donors (Lipinski definition) is 0. The molecular weight excluding hydrogens is 350 g/mol. The minimum atomic E-state index is 0. The van der Waals surface area contributed by atoms with Crippen LogP contribution < -0.4 is 4.74 Å². The lowest BCUT2D eigenvalue weighted by Crippen LogP contribution is -2.22. The molecule has 0 radical (unpaired) electrons. The molecule has 0 spiro atoms. The lowest BCUT2D eigenvalue weighted by molar-refractivity contribution is 0.361. The van der Waals surface area contributed by atoms with E-state index in [9.17, 15) is 0 Å². The summed E-state index contributed by atoms with van der Waals surface area (Å²) in [5.74, 6) is 2.62. The molecule has 2 aromatic carbocycles. The van der Waals surface area contributed by atoms with Crippen molar-refractivity contribution >= 4 is 35.8 Å². The van der Waals surface area contributed by atoms with E-state index in [0.29, 0.717) is 5.92 Å². The Morgan fingerprint density at radius 2 is 1.96 bits per heavy atom. The van der Waals surface area contributed by atoms with Gasteiger partial charge in [0.2, 0.25) is 0 Å². The summed E-state index contributed by atoms with van der Waals surface area (Å²) in [4.78, 5) is 3.69. The van der Waals surface area contributed by atoms with Crippen LogP contribution in [0.4, 0.5) is 0 Å². The van der Waals surface area contributed by atoms with E-state index in [0.717, 1.165) is 12.3 Å². The molecule has 0 saturated carbocycles. The van der Waals surface area contributed by atoms with Gasteiger partial charge < -0.3 is 9.64 Å². The van der Waals surface area contributed by atoms with Crippen LogP contribution in [0.5, 0.6) is 5.75 Å². The number of methoxy groups -OCH3 is 1. The summed E-state index contributed by atoms with van der Waals surface area (Å²) in [7, 11) is 6.04. The van der Waals surface area contributed by atoms with Crippen molar-refractivity contribution in [3.8, 4) is 5.75 Å². The zero-order chi connectivity index (χ0) is 16.9. The lowest BCUT2D eigenvalue weighted by Gasteiger charge is -2.23. The van der Waals surface area contributed by atoms with E-state index in [1.165, 1.54) is 33.8 Å². The minimum absolute atomic E-state index is 0. The number of rotatable bonds is 4. The minimum Gasteiger partial charge on any atom is -0.497 e. The predicted molar refractivity (Wildman–Crippen MR) is 112 cm³/mol. The van der Waals surface area contributed by atoms with Crippen molar-refractivity contribution < 1.29 is 4.74 Å². The van der Waals surface area contributed by atoms with Gasteiger partial charge in [-0.1, -0.05) is 36.4 Å². The summed E-state index contributed by atoms with van der Waals surface area (Å²) in [6.07, 6.45) is 3.55. The van der Waals surface area contributed by atoms with Crippen LogP contribution in [0.2, 0.25) is 0 Å². The molecule has 1 atom stereocenters. The highest BCUT2D eigenvalue weighted by atomic mass is 35.5. The SMILES string of the molecule is COc1cccc(C=C2c3ccccc3SCCC2CN(C)C)c1.Cl. The average Bonchev–Trinajstić information content (AvgIpc) is 2.75. The maximum absolute atomic E-state index is 5.39. The van der Waals surface area contributed by atoms with E-state index in [4.69, 9.17) is 4.74 Å². The second kappa shape index (κ2) is 9.33. The molecule has 134 valence electrons. The summed E-state index contributed by atoms with van der Waals surface area (Å²) in [6.45, 7) is 1.07. The Morgan fingerprint density at radius 1 is 1.16 bits per heavy atom. The van der Waals surface area contributed by atoms with Gasteiger partial charge in [0.1, 0.15) is 5.75 Å². The fourth-order valence-corrected chi connectivity index (χ4v) is 4.39. The van der Waals surface area contributed by atoms with Gasteiger partial charge in [-0.05, 0) is 67.1 Å². The summed E-state index contributed by atoms with van der Waals surface area (Å²) in [5, 5.41) is 0. The third-order valence-electron chi connectivity index (χ3n) is 4.36. The maximum atomic E-state index is 5.39. The fourth-order valence-electron chi connectivity index (χ4n) is 3.25. The second-order valence-electron chi connectivity index (χ2n) is 6.47. The number of fused-ring (bicyclic) bond motifs is 1. The molecule has 0 fully saturated rings. The van der Waals surface area contributed by atoms with Crippen molar-refractivity contribution in [2.75, 3.05) is 33.5 Å². The van der Waals surface area contributed by atoms with Crippen molar-refractivity contribution in [1.82, 2.24) is 4.90 Å². The van der Waals surface area contributed by atoms with Crippen LogP contribution in [-0.2, 0) is 0 Å². The summed E-state index contributed by atoms with van der Waals surface area (Å²) in [5.41, 5.74) is 4.03. The van der Waals surface area contributed by atoms with Crippen LogP contribution in [0, 0.1) is 5.92 Å². The third kappa shape index (κ3) is 5.04. The Hall–Kier alpha value is -1.42. The first-order valence-electron chi connectivity index (χ1n) is 8.40. The van der Waals surface area contributed by atoms with E-state index >= 15 is 0 Å². The molecular formula is C21H26ClNOS. The molecule has 2 nitrogen and oxygen atoms in total. The first-order chi connectivity index (χ1) is 11.7. The van der Waals surface area contributed by atoms with Gasteiger partial charge in [0.05, 0.1) is 7.11 Å². The van der Waals surface area contributed by atoms with Gasteiger partial charge in [0, 0.05) is 11.4 Å². The molecule has 1 unspecified atom stereocenters. The number of thioether (sulfide) groups is 1. The van der Waals surface area contributed by atoms with E-state index in [2.05, 4.69) is 67.5 Å². The van der Waals surface area contributed by atoms with Gasteiger partial charge in [0.25, 0.3) is 0 Å². The number of ether oxygens (including phenoxy) is 1. The topological polar surface area (TPSA) is 12.5 Å². The molecule has 1 heterocycles. The molecule has 3 rings (SSSR count). The standard InChI is InChI=1S/C21H25NOS.ClH/c1-22(2)15-17-11-12-24-21-10-5-4-9-19(21)20(17)14-16-7-6-8-18(13-16)23-3;/h4-10,13-14,17H,11-12,15H2,1-3H3;1H. The molecule has 1 aliphatic rings. The first kappa shape index (κ1) is 19.9. The summed E-state index contributed by atoms with van der Waals surface area (Å²) in [6, 6.07) is 17.1. The average molecular weight is 376 g/mol. The van der Waals surface area contributed by atoms with Crippen LogP contribution >= 0.6 is 24.2 Å². The molecule has 0 amide bonds. The van der Waals surface area contributed by atoms with Crippen LogP contribution in [0.3, 0.4) is 0 Å². The molecule has 0 aromatic heterocycles. The Morgan fingerprint density at radius 3 is 2.72 bits per heavy atom. The van der Waals surface area contributed by atoms with Crippen LogP contribution in [0.15, 0.2) is 53.4 Å². The smallest absolute Gasteiger partial charge is 0.119 e. The van der Waals surface area contributed by atoms with Crippen molar-refractivity contribution in [3.05, 3.63) is 59.7 Å². The Bertz CT molecular complexity index is 729. The van der Waals surface area contributed by atoms with E-state index < -0.39 is 0 Å². The number of nitrogens with zero attached hydrogens (tertiary/aromatic N) is 1. The zero-order valence-corrected chi connectivity index (χ0v) is 16.7. The third-order valence-corrected chi connectivity index (χ3v) is 5.47. The van der Waals surface area contributed by atoms with Crippen molar-refractivity contribution in [2.24, 2.45) is 5.92 Å². The van der Waals surface area contributed by atoms with Crippen molar-refractivity contribution in [3.63, 3.8) is 0 Å². The van der Waals surface area contributed by atoms with Crippen LogP contribution in [0.25, 0.3) is 11.6 Å². The molecule has 0 bridgehead atoms. The highest BCUT2D eigenvalue weighted by Gasteiger charge is 2.22. The van der Waals surface area contributed by atoms with Gasteiger partial charge in [-0.25, -0.2) is 0 Å². The maximum Gasteiger partial charge on any atom is 0.119 e. The summed E-state index contributed by atoms with van der Waals surface area (Å²) < 4.78 is 5.39. The Labute approximate surface area is 161 Å². The van der Waals surface area contributed by atoms with Gasteiger partial charge in [0.15, 0.2) is 0 Å². The second-order valence-corrected chi connectivity index (χ2v) is 7.61. The monoisotopic (exact) mass is 375 g/mol. The van der Waals surface area contributed by atoms with Crippen molar-refractivity contribution in [2.45, 2.75) is 11.3 Å². The Balaban J connectivity index is 0.00000225. The molecule has 25 heavy (non-hydrogen) atoms.